The van der Waals surface area contributed by atoms with E-state index in [1.807, 2.05) is 0 Å². The fraction of sp³-hybridized carbons (Fsp3) is 0.412. The Morgan fingerprint density at radius 1 is 1.10 bits per heavy atom. The van der Waals surface area contributed by atoms with Crippen LogP contribution in [-0.2, 0) is 11.3 Å². The van der Waals surface area contributed by atoms with Crippen LogP contribution in [0.3, 0.4) is 0 Å². The van der Waals surface area contributed by atoms with Gasteiger partial charge in [-0.2, -0.15) is 0 Å². The molecule has 1 aliphatic rings. The van der Waals surface area contributed by atoms with E-state index in [2.05, 4.69) is 41.7 Å². The second-order valence-corrected chi connectivity index (χ2v) is 5.37. The van der Waals surface area contributed by atoms with Crippen molar-refractivity contribution in [1.29, 1.82) is 0 Å². The van der Waals surface area contributed by atoms with Gasteiger partial charge in [0.25, 0.3) is 0 Å². The van der Waals surface area contributed by atoms with E-state index in [0.717, 1.165) is 25.1 Å². The lowest BCUT2D eigenvalue weighted by Crippen LogP contribution is -2.44. The molecule has 3 heteroatoms. The number of rotatable bonds is 5. The monoisotopic (exact) mass is 271 g/mol. The summed E-state index contributed by atoms with van der Waals surface area (Å²) >= 11 is 0. The molecule has 3 rings (SSSR count). The van der Waals surface area contributed by atoms with Crippen molar-refractivity contribution >= 4 is 10.8 Å². The zero-order valence-corrected chi connectivity index (χ0v) is 12.1. The third-order valence-electron chi connectivity index (χ3n) is 4.21. The van der Waals surface area contributed by atoms with Gasteiger partial charge in [-0.05, 0) is 29.7 Å². The Hall–Kier alpha value is -1.58. The molecule has 0 aromatic heterocycles. The van der Waals surface area contributed by atoms with E-state index >= 15 is 0 Å². The maximum Gasteiger partial charge on any atom is 0.123 e. The summed E-state index contributed by atoms with van der Waals surface area (Å²) in [6.45, 7) is 0.839. The average Bonchev–Trinajstić information content (AvgIpc) is 2.45. The third-order valence-corrected chi connectivity index (χ3v) is 4.21. The highest BCUT2D eigenvalue weighted by Gasteiger charge is 2.28. The van der Waals surface area contributed by atoms with Crippen molar-refractivity contribution in [2.75, 3.05) is 14.2 Å². The van der Waals surface area contributed by atoms with Crippen molar-refractivity contribution in [1.82, 2.24) is 5.32 Å². The normalized spacial score (nSPS) is 21.7. The van der Waals surface area contributed by atoms with Crippen molar-refractivity contribution in [3.63, 3.8) is 0 Å². The first-order valence-electron chi connectivity index (χ1n) is 7.12. The maximum atomic E-state index is 5.51. The molecule has 2 aromatic carbocycles. The zero-order valence-electron chi connectivity index (χ0n) is 12.1. The Labute approximate surface area is 119 Å². The quantitative estimate of drug-likeness (QED) is 0.906. The molecule has 0 aliphatic heterocycles. The van der Waals surface area contributed by atoms with Gasteiger partial charge < -0.3 is 14.8 Å². The molecule has 0 saturated heterocycles. The van der Waals surface area contributed by atoms with Gasteiger partial charge in [-0.1, -0.05) is 30.3 Å². The summed E-state index contributed by atoms with van der Waals surface area (Å²) in [7, 11) is 3.52. The highest BCUT2D eigenvalue weighted by molar-refractivity contribution is 5.87. The second kappa shape index (κ2) is 5.81. The molecule has 0 bridgehead atoms. The summed E-state index contributed by atoms with van der Waals surface area (Å²) < 4.78 is 10.8. The Bertz CT molecular complexity index is 591. The molecule has 0 heterocycles. The molecule has 2 aromatic rings. The number of hydrogen-bond donors (Lipinski definition) is 1. The Balaban J connectivity index is 1.79. The molecule has 0 radical (unpaired) electrons. The fourth-order valence-corrected chi connectivity index (χ4v) is 2.86. The molecule has 0 unspecified atom stereocenters. The summed E-state index contributed by atoms with van der Waals surface area (Å²) in [5.41, 5.74) is 1.24. The van der Waals surface area contributed by atoms with Crippen LogP contribution in [0.25, 0.3) is 10.8 Å². The number of hydrogen-bond acceptors (Lipinski definition) is 3. The summed E-state index contributed by atoms with van der Waals surface area (Å²) in [6, 6.07) is 13.2. The number of fused-ring (bicyclic) bond motifs is 1. The van der Waals surface area contributed by atoms with Gasteiger partial charge >= 0.3 is 0 Å². The van der Waals surface area contributed by atoms with E-state index in [1.165, 1.54) is 16.3 Å². The zero-order chi connectivity index (χ0) is 13.9. The summed E-state index contributed by atoms with van der Waals surface area (Å²) in [5.74, 6) is 0.957. The third kappa shape index (κ3) is 2.51. The average molecular weight is 271 g/mol. The van der Waals surface area contributed by atoms with Crippen LogP contribution in [0.2, 0.25) is 0 Å². The number of benzene rings is 2. The molecule has 106 valence electrons. The minimum atomic E-state index is 0.432. The van der Waals surface area contributed by atoms with Gasteiger partial charge in [-0.3, -0.25) is 0 Å². The lowest BCUT2D eigenvalue weighted by Gasteiger charge is -2.35. The van der Waals surface area contributed by atoms with Crippen LogP contribution in [0.4, 0.5) is 0 Å². The largest absolute Gasteiger partial charge is 0.496 e. The highest BCUT2D eigenvalue weighted by atomic mass is 16.5. The highest BCUT2D eigenvalue weighted by Crippen LogP contribution is 2.29. The molecule has 0 spiro atoms. The lowest BCUT2D eigenvalue weighted by molar-refractivity contribution is 0.0170. The molecular formula is C17H21NO2. The molecule has 1 aliphatic carbocycles. The molecule has 0 atom stereocenters. The SMILES string of the molecule is COc1ccc2ccccc2c1CNC1CC(OC)C1. The first kappa shape index (κ1) is 13.4. The van der Waals surface area contributed by atoms with Crippen LogP contribution in [-0.4, -0.2) is 26.4 Å². The topological polar surface area (TPSA) is 30.5 Å². The number of methoxy groups -OCH3 is 2. The first-order valence-corrected chi connectivity index (χ1v) is 7.12. The molecule has 1 fully saturated rings. The van der Waals surface area contributed by atoms with Crippen molar-refractivity contribution < 1.29 is 9.47 Å². The number of nitrogens with one attached hydrogen (secondary N) is 1. The molecule has 0 amide bonds. The van der Waals surface area contributed by atoms with Crippen molar-refractivity contribution in [3.8, 4) is 5.75 Å². The van der Waals surface area contributed by atoms with Gasteiger partial charge in [0.05, 0.1) is 13.2 Å². The van der Waals surface area contributed by atoms with Gasteiger partial charge in [0.15, 0.2) is 0 Å². The van der Waals surface area contributed by atoms with E-state index in [9.17, 15) is 0 Å². The van der Waals surface area contributed by atoms with E-state index in [0.29, 0.717) is 12.1 Å². The van der Waals surface area contributed by atoms with Crippen molar-refractivity contribution in [2.45, 2.75) is 31.5 Å². The summed E-state index contributed by atoms with van der Waals surface area (Å²) in [6.07, 6.45) is 2.63. The minimum absolute atomic E-state index is 0.432. The molecular weight excluding hydrogens is 250 g/mol. The van der Waals surface area contributed by atoms with Gasteiger partial charge in [0.1, 0.15) is 5.75 Å². The standard InChI is InChI=1S/C17H21NO2/c1-19-14-9-13(10-14)18-11-16-15-6-4-3-5-12(15)7-8-17(16)20-2/h3-8,13-14,18H,9-11H2,1-2H3. The molecule has 1 saturated carbocycles. The van der Waals surface area contributed by atoms with Gasteiger partial charge in [-0.15, -0.1) is 0 Å². The van der Waals surface area contributed by atoms with Crippen LogP contribution < -0.4 is 10.1 Å². The van der Waals surface area contributed by atoms with Crippen LogP contribution in [0.5, 0.6) is 5.75 Å². The summed E-state index contributed by atoms with van der Waals surface area (Å²) in [5, 5.41) is 6.13. The van der Waals surface area contributed by atoms with Crippen LogP contribution in [0, 0.1) is 0 Å². The van der Waals surface area contributed by atoms with E-state index in [4.69, 9.17) is 9.47 Å². The lowest BCUT2D eigenvalue weighted by atomic mass is 9.89. The second-order valence-electron chi connectivity index (χ2n) is 5.37. The van der Waals surface area contributed by atoms with Crippen molar-refractivity contribution in [2.24, 2.45) is 0 Å². The maximum absolute atomic E-state index is 5.51. The number of ether oxygens (including phenoxy) is 2. The van der Waals surface area contributed by atoms with Crippen LogP contribution in [0.15, 0.2) is 36.4 Å². The van der Waals surface area contributed by atoms with Gasteiger partial charge in [0.2, 0.25) is 0 Å². The molecule has 3 nitrogen and oxygen atoms in total. The Morgan fingerprint density at radius 3 is 2.65 bits per heavy atom. The van der Waals surface area contributed by atoms with Crippen LogP contribution >= 0.6 is 0 Å². The summed E-state index contributed by atoms with van der Waals surface area (Å²) in [4.78, 5) is 0. The van der Waals surface area contributed by atoms with E-state index in [1.54, 1.807) is 14.2 Å². The predicted molar refractivity (Wildman–Crippen MR) is 81.2 cm³/mol. The van der Waals surface area contributed by atoms with Gasteiger partial charge in [0, 0.05) is 25.3 Å². The predicted octanol–water partition coefficient (Wildman–Crippen LogP) is 3.12. The Morgan fingerprint density at radius 2 is 1.90 bits per heavy atom. The minimum Gasteiger partial charge on any atom is -0.496 e. The molecule has 1 N–H and O–H groups in total. The molecule has 20 heavy (non-hydrogen) atoms. The Kier molecular flexibility index (Phi) is 3.90. The van der Waals surface area contributed by atoms with Crippen molar-refractivity contribution in [3.05, 3.63) is 42.0 Å². The first-order chi connectivity index (χ1) is 9.81. The smallest absolute Gasteiger partial charge is 0.123 e. The van der Waals surface area contributed by atoms with E-state index < -0.39 is 0 Å². The van der Waals surface area contributed by atoms with E-state index in [-0.39, 0.29) is 0 Å². The van der Waals surface area contributed by atoms with Crippen LogP contribution in [0.1, 0.15) is 18.4 Å². The fourth-order valence-electron chi connectivity index (χ4n) is 2.86. The van der Waals surface area contributed by atoms with Gasteiger partial charge in [-0.25, -0.2) is 0 Å².